The quantitative estimate of drug-likeness (QED) is 0.727. The first-order valence-corrected chi connectivity index (χ1v) is 6.42. The zero-order valence-corrected chi connectivity index (χ0v) is 10.2. The number of ketones is 1. The molecule has 1 aliphatic rings. The molecule has 2 aromatic rings. The Hall–Kier alpha value is -0.800. The number of hydrogen-bond acceptors (Lipinski definition) is 2. The number of carbonyl (C=O) groups excluding carboxylic acids is 1. The van der Waals surface area contributed by atoms with E-state index in [1.165, 1.54) is 4.90 Å². The second kappa shape index (κ2) is 3.35. The van der Waals surface area contributed by atoms with Gasteiger partial charge in [-0.2, -0.15) is 0 Å². The van der Waals surface area contributed by atoms with Gasteiger partial charge in [0.05, 0.1) is 5.75 Å². The molecule has 0 amide bonds. The second-order valence-electron chi connectivity index (χ2n) is 3.49. The molecule has 74 valence electrons. The van der Waals surface area contributed by atoms with Gasteiger partial charge in [-0.3, -0.25) is 4.79 Å². The van der Waals surface area contributed by atoms with Crippen LogP contribution in [0.25, 0.3) is 10.8 Å². The van der Waals surface area contributed by atoms with Crippen LogP contribution in [0.4, 0.5) is 0 Å². The van der Waals surface area contributed by atoms with Crippen LogP contribution in [0, 0.1) is 0 Å². The largest absolute Gasteiger partial charge is 0.293 e. The summed E-state index contributed by atoms with van der Waals surface area (Å²) in [7, 11) is 0. The van der Waals surface area contributed by atoms with E-state index in [1.807, 2.05) is 24.3 Å². The van der Waals surface area contributed by atoms with Crippen molar-refractivity contribution in [2.75, 3.05) is 5.75 Å². The minimum absolute atomic E-state index is 0.233. The maximum atomic E-state index is 11.7. The maximum absolute atomic E-state index is 11.7. The van der Waals surface area contributed by atoms with Gasteiger partial charge in [0.1, 0.15) is 0 Å². The molecule has 3 heteroatoms. The van der Waals surface area contributed by atoms with Crippen LogP contribution in [0.5, 0.6) is 0 Å². The summed E-state index contributed by atoms with van der Waals surface area (Å²) in [4.78, 5) is 13.0. The van der Waals surface area contributed by atoms with E-state index in [-0.39, 0.29) is 5.78 Å². The minimum Gasteiger partial charge on any atom is -0.293 e. The van der Waals surface area contributed by atoms with Crippen LogP contribution in [-0.2, 0) is 0 Å². The molecule has 0 aliphatic carbocycles. The highest BCUT2D eigenvalue weighted by molar-refractivity contribution is 9.10. The van der Waals surface area contributed by atoms with Gasteiger partial charge in [0.25, 0.3) is 0 Å². The van der Waals surface area contributed by atoms with E-state index in [0.717, 1.165) is 20.8 Å². The van der Waals surface area contributed by atoms with Crippen molar-refractivity contribution in [1.82, 2.24) is 0 Å². The van der Waals surface area contributed by atoms with Crippen LogP contribution in [0.1, 0.15) is 10.4 Å². The number of rotatable bonds is 0. The Balaban J connectivity index is 2.53. The van der Waals surface area contributed by atoms with Crippen molar-refractivity contribution in [1.29, 1.82) is 0 Å². The number of Topliss-reactive ketones (excluding diaryl/α,β-unsaturated/α-hetero) is 1. The van der Waals surface area contributed by atoms with Crippen molar-refractivity contribution in [2.24, 2.45) is 0 Å². The fourth-order valence-electron chi connectivity index (χ4n) is 1.91. The molecule has 0 aromatic heterocycles. The third-order valence-electron chi connectivity index (χ3n) is 2.61. The number of hydrogen-bond donors (Lipinski definition) is 0. The Bertz CT molecular complexity index is 577. The van der Waals surface area contributed by atoms with Gasteiger partial charge in [0.15, 0.2) is 5.78 Å². The SMILES string of the molecule is O=C1CSc2ccc(Br)c3cccc1c23. The molecule has 0 N–H and O–H groups in total. The van der Waals surface area contributed by atoms with Crippen molar-refractivity contribution in [2.45, 2.75) is 4.90 Å². The molecule has 0 saturated heterocycles. The van der Waals surface area contributed by atoms with Gasteiger partial charge in [-0.15, -0.1) is 11.8 Å². The average molecular weight is 279 g/mol. The van der Waals surface area contributed by atoms with E-state index in [4.69, 9.17) is 0 Å². The van der Waals surface area contributed by atoms with Crippen molar-refractivity contribution in [3.8, 4) is 0 Å². The molecule has 0 fully saturated rings. The Morgan fingerprint density at radius 3 is 2.93 bits per heavy atom. The summed E-state index contributed by atoms with van der Waals surface area (Å²) in [5.74, 6) is 0.796. The van der Waals surface area contributed by atoms with Crippen LogP contribution in [-0.4, -0.2) is 11.5 Å². The van der Waals surface area contributed by atoms with Gasteiger partial charge in [-0.25, -0.2) is 0 Å². The highest BCUT2D eigenvalue weighted by Crippen LogP contribution is 2.38. The molecular formula is C12H7BrOS. The van der Waals surface area contributed by atoms with Gasteiger partial charge < -0.3 is 0 Å². The third-order valence-corrected chi connectivity index (χ3v) is 4.36. The van der Waals surface area contributed by atoms with Gasteiger partial charge in [0, 0.05) is 20.3 Å². The molecule has 0 atom stereocenters. The van der Waals surface area contributed by atoms with E-state index >= 15 is 0 Å². The first kappa shape index (κ1) is 9.43. The van der Waals surface area contributed by atoms with E-state index in [2.05, 4.69) is 22.0 Å². The van der Waals surface area contributed by atoms with Crippen LogP contribution in [0.2, 0.25) is 0 Å². The highest BCUT2D eigenvalue weighted by Gasteiger charge is 2.19. The smallest absolute Gasteiger partial charge is 0.173 e. The van der Waals surface area contributed by atoms with E-state index in [1.54, 1.807) is 11.8 Å². The fraction of sp³-hybridized carbons (Fsp3) is 0.0833. The lowest BCUT2D eigenvalue weighted by molar-refractivity contribution is 0.102. The summed E-state index contributed by atoms with van der Waals surface area (Å²) in [6.07, 6.45) is 0. The standard InChI is InChI=1S/C12H7BrOS/c13-9-4-5-11-12-7(9)2-1-3-8(12)10(14)6-15-11/h1-5H,6H2. The lowest BCUT2D eigenvalue weighted by Gasteiger charge is -2.16. The molecule has 1 aliphatic heterocycles. The van der Waals surface area contributed by atoms with Crippen molar-refractivity contribution in [3.05, 3.63) is 40.4 Å². The predicted molar refractivity (Wildman–Crippen MR) is 66.7 cm³/mol. The molecule has 0 bridgehead atoms. The molecule has 0 spiro atoms. The molecule has 0 radical (unpaired) electrons. The first-order valence-electron chi connectivity index (χ1n) is 4.64. The fourth-order valence-corrected chi connectivity index (χ4v) is 3.35. The first-order chi connectivity index (χ1) is 7.27. The Kier molecular flexibility index (Phi) is 2.11. The van der Waals surface area contributed by atoms with E-state index in [9.17, 15) is 4.79 Å². The van der Waals surface area contributed by atoms with Crippen LogP contribution >= 0.6 is 27.7 Å². The summed E-state index contributed by atoms with van der Waals surface area (Å²) in [5.41, 5.74) is 0.863. The van der Waals surface area contributed by atoms with Gasteiger partial charge >= 0.3 is 0 Å². The summed E-state index contributed by atoms with van der Waals surface area (Å²) in [6.45, 7) is 0. The molecule has 2 aromatic carbocycles. The lowest BCUT2D eigenvalue weighted by Crippen LogP contribution is -2.08. The molecule has 0 saturated carbocycles. The summed E-state index contributed by atoms with van der Waals surface area (Å²) in [6, 6.07) is 10.0. The average Bonchev–Trinajstić information content (AvgIpc) is 2.27. The van der Waals surface area contributed by atoms with Gasteiger partial charge in [0.2, 0.25) is 0 Å². The lowest BCUT2D eigenvalue weighted by atomic mass is 10.0. The molecule has 1 heterocycles. The Morgan fingerprint density at radius 2 is 2.07 bits per heavy atom. The maximum Gasteiger partial charge on any atom is 0.173 e. The second-order valence-corrected chi connectivity index (χ2v) is 5.36. The Morgan fingerprint density at radius 1 is 1.20 bits per heavy atom. The van der Waals surface area contributed by atoms with Crippen molar-refractivity contribution < 1.29 is 4.79 Å². The Labute approximate surface area is 100.0 Å². The molecule has 3 rings (SSSR count). The molecule has 15 heavy (non-hydrogen) atoms. The molecule has 0 unspecified atom stereocenters. The number of thioether (sulfide) groups is 1. The zero-order chi connectivity index (χ0) is 10.4. The monoisotopic (exact) mass is 278 g/mol. The number of carbonyl (C=O) groups is 1. The zero-order valence-electron chi connectivity index (χ0n) is 7.79. The predicted octanol–water partition coefficient (Wildman–Crippen LogP) is 3.89. The van der Waals surface area contributed by atoms with Crippen LogP contribution < -0.4 is 0 Å². The van der Waals surface area contributed by atoms with Crippen LogP contribution in [0.15, 0.2) is 39.7 Å². The van der Waals surface area contributed by atoms with E-state index < -0.39 is 0 Å². The third kappa shape index (κ3) is 1.34. The van der Waals surface area contributed by atoms with Crippen molar-refractivity contribution in [3.63, 3.8) is 0 Å². The molecule has 1 nitrogen and oxygen atoms in total. The van der Waals surface area contributed by atoms with Crippen LogP contribution in [0.3, 0.4) is 0 Å². The normalized spacial score (nSPS) is 14.6. The number of halogens is 1. The summed E-state index contributed by atoms with van der Waals surface area (Å²) in [5, 5.41) is 2.23. The van der Waals surface area contributed by atoms with Gasteiger partial charge in [-0.1, -0.05) is 34.1 Å². The highest BCUT2D eigenvalue weighted by atomic mass is 79.9. The van der Waals surface area contributed by atoms with Gasteiger partial charge in [-0.05, 0) is 17.5 Å². The van der Waals surface area contributed by atoms with Crippen molar-refractivity contribution >= 4 is 44.2 Å². The topological polar surface area (TPSA) is 17.1 Å². The van der Waals surface area contributed by atoms with E-state index in [0.29, 0.717) is 5.75 Å². The summed E-state index contributed by atoms with van der Waals surface area (Å²) < 4.78 is 1.05. The summed E-state index contributed by atoms with van der Waals surface area (Å²) >= 11 is 5.15. The minimum atomic E-state index is 0.233. The number of benzene rings is 2. The molecular weight excluding hydrogens is 272 g/mol.